The van der Waals surface area contributed by atoms with E-state index in [0.717, 1.165) is 38.3 Å². The van der Waals surface area contributed by atoms with Crippen LogP contribution in [0.3, 0.4) is 0 Å². The van der Waals surface area contributed by atoms with Gasteiger partial charge in [-0.05, 0) is 31.2 Å². The van der Waals surface area contributed by atoms with E-state index in [1.807, 2.05) is 11.6 Å². The molecule has 2 atom stereocenters. The van der Waals surface area contributed by atoms with E-state index in [1.165, 1.54) is 16.9 Å². The molecular formula is C20H25N3OS. The number of carbonyl (C=O) groups is 1. The van der Waals surface area contributed by atoms with Gasteiger partial charge >= 0.3 is 0 Å². The minimum absolute atomic E-state index is 0.326. The first-order chi connectivity index (χ1) is 12.2. The Morgan fingerprint density at radius 2 is 2.04 bits per heavy atom. The van der Waals surface area contributed by atoms with Crippen LogP contribution in [-0.2, 0) is 17.9 Å². The molecule has 132 valence electrons. The summed E-state index contributed by atoms with van der Waals surface area (Å²) in [5, 5.41) is 0. The predicted octanol–water partition coefficient (Wildman–Crippen LogP) is 3.46. The van der Waals surface area contributed by atoms with Crippen LogP contribution in [0, 0.1) is 12.8 Å². The summed E-state index contributed by atoms with van der Waals surface area (Å²) in [5.74, 6) is 0.926. The van der Waals surface area contributed by atoms with E-state index in [-0.39, 0.29) is 0 Å². The van der Waals surface area contributed by atoms with Gasteiger partial charge in [0.05, 0.1) is 11.2 Å². The van der Waals surface area contributed by atoms with Crippen molar-refractivity contribution in [3.63, 3.8) is 0 Å². The maximum Gasteiger partial charge on any atom is 0.223 e. The van der Waals surface area contributed by atoms with E-state index in [0.29, 0.717) is 24.3 Å². The van der Waals surface area contributed by atoms with E-state index in [9.17, 15) is 4.79 Å². The van der Waals surface area contributed by atoms with E-state index >= 15 is 0 Å². The summed E-state index contributed by atoms with van der Waals surface area (Å²) in [6, 6.07) is 10.8. The lowest BCUT2D eigenvalue weighted by atomic mass is 9.98. The molecular weight excluding hydrogens is 330 g/mol. The molecule has 1 amide bonds. The number of hydrogen-bond acceptors (Lipinski definition) is 4. The van der Waals surface area contributed by atoms with Crippen molar-refractivity contribution in [1.82, 2.24) is 14.8 Å². The van der Waals surface area contributed by atoms with Crippen LogP contribution in [0.2, 0.25) is 0 Å². The third kappa shape index (κ3) is 3.62. The molecule has 0 radical (unpaired) electrons. The SMILES string of the molecule is Cc1ncsc1CN1CC2CCCC(=O)N(Cc3ccccc3)C2C1. The number of aromatic nitrogens is 1. The van der Waals surface area contributed by atoms with Gasteiger partial charge in [-0.25, -0.2) is 4.98 Å². The lowest BCUT2D eigenvalue weighted by Crippen LogP contribution is -2.42. The van der Waals surface area contributed by atoms with Crippen LogP contribution in [0.4, 0.5) is 0 Å². The third-order valence-corrected chi connectivity index (χ3v) is 6.50. The van der Waals surface area contributed by atoms with Crippen molar-refractivity contribution >= 4 is 17.2 Å². The number of nitrogens with zero attached hydrogens (tertiary/aromatic N) is 3. The van der Waals surface area contributed by atoms with E-state index in [2.05, 4.69) is 46.0 Å². The zero-order valence-electron chi connectivity index (χ0n) is 14.7. The van der Waals surface area contributed by atoms with E-state index in [4.69, 9.17) is 0 Å². The van der Waals surface area contributed by atoms with E-state index < -0.39 is 0 Å². The Kier molecular flexibility index (Phi) is 4.86. The molecule has 2 aliphatic rings. The Hall–Kier alpha value is -1.72. The molecule has 0 N–H and O–H groups in total. The van der Waals surface area contributed by atoms with E-state index in [1.54, 1.807) is 11.3 Å². The molecule has 4 nitrogen and oxygen atoms in total. The van der Waals surface area contributed by atoms with Crippen molar-refractivity contribution in [1.29, 1.82) is 0 Å². The van der Waals surface area contributed by atoms with Crippen LogP contribution < -0.4 is 0 Å². The molecule has 4 rings (SSSR count). The summed E-state index contributed by atoms with van der Waals surface area (Å²) in [6.07, 6.45) is 2.90. The summed E-state index contributed by atoms with van der Waals surface area (Å²) in [5.41, 5.74) is 4.31. The maximum absolute atomic E-state index is 12.7. The molecule has 1 aromatic carbocycles. The largest absolute Gasteiger partial charge is 0.334 e. The second-order valence-electron chi connectivity index (χ2n) is 7.28. The van der Waals surface area contributed by atoms with Crippen molar-refractivity contribution in [3.8, 4) is 0 Å². The number of hydrogen-bond donors (Lipinski definition) is 0. The van der Waals surface area contributed by atoms with Crippen molar-refractivity contribution in [2.45, 2.75) is 45.3 Å². The monoisotopic (exact) mass is 355 g/mol. The molecule has 1 aromatic heterocycles. The fourth-order valence-electron chi connectivity index (χ4n) is 4.22. The molecule has 2 aromatic rings. The molecule has 3 heterocycles. The van der Waals surface area contributed by atoms with Gasteiger partial charge in [-0.3, -0.25) is 9.69 Å². The number of amides is 1. The minimum Gasteiger partial charge on any atom is -0.334 e. The normalized spacial score (nSPS) is 24.4. The molecule has 0 spiro atoms. The highest BCUT2D eigenvalue weighted by Gasteiger charge is 2.40. The highest BCUT2D eigenvalue weighted by atomic mass is 32.1. The fourth-order valence-corrected chi connectivity index (χ4v) is 5.04. The van der Waals surface area contributed by atoms with Crippen molar-refractivity contribution < 1.29 is 4.79 Å². The number of aryl methyl sites for hydroxylation is 1. The lowest BCUT2D eigenvalue weighted by Gasteiger charge is -2.30. The highest BCUT2D eigenvalue weighted by molar-refractivity contribution is 7.09. The van der Waals surface area contributed by atoms with Gasteiger partial charge in [-0.2, -0.15) is 0 Å². The topological polar surface area (TPSA) is 36.4 Å². The van der Waals surface area contributed by atoms with Crippen LogP contribution >= 0.6 is 11.3 Å². The molecule has 2 aliphatic heterocycles. The molecule has 2 saturated heterocycles. The second kappa shape index (κ2) is 7.26. The molecule has 0 bridgehead atoms. The Bertz CT molecular complexity index is 730. The Labute approximate surface area is 153 Å². The zero-order valence-corrected chi connectivity index (χ0v) is 15.5. The number of rotatable bonds is 4. The predicted molar refractivity (Wildman–Crippen MR) is 100 cm³/mol. The quantitative estimate of drug-likeness (QED) is 0.843. The Morgan fingerprint density at radius 1 is 1.20 bits per heavy atom. The van der Waals surface area contributed by atoms with Crippen LogP contribution in [0.5, 0.6) is 0 Å². The van der Waals surface area contributed by atoms with Gasteiger partial charge < -0.3 is 4.90 Å². The molecule has 2 fully saturated rings. The van der Waals surface area contributed by atoms with Gasteiger partial charge in [-0.1, -0.05) is 30.3 Å². The van der Waals surface area contributed by atoms with Crippen LogP contribution in [0.25, 0.3) is 0 Å². The molecule has 2 unspecified atom stereocenters. The minimum atomic E-state index is 0.326. The fraction of sp³-hybridized carbons (Fsp3) is 0.500. The van der Waals surface area contributed by atoms with Crippen LogP contribution in [0.1, 0.15) is 35.4 Å². The summed E-state index contributed by atoms with van der Waals surface area (Å²) < 4.78 is 0. The first-order valence-electron chi connectivity index (χ1n) is 9.15. The van der Waals surface area contributed by atoms with Gasteiger partial charge in [0.25, 0.3) is 0 Å². The zero-order chi connectivity index (χ0) is 17.2. The summed E-state index contributed by atoms with van der Waals surface area (Å²) in [4.78, 5) is 23.2. The van der Waals surface area contributed by atoms with Gasteiger partial charge in [0.15, 0.2) is 0 Å². The first kappa shape index (κ1) is 16.7. The highest BCUT2D eigenvalue weighted by Crippen LogP contribution is 2.32. The first-order valence-corrected chi connectivity index (χ1v) is 10.0. The summed E-state index contributed by atoms with van der Waals surface area (Å²) in [6.45, 7) is 5.89. The van der Waals surface area contributed by atoms with Gasteiger partial charge in [0.1, 0.15) is 0 Å². The smallest absolute Gasteiger partial charge is 0.223 e. The summed E-state index contributed by atoms with van der Waals surface area (Å²) in [7, 11) is 0. The summed E-state index contributed by atoms with van der Waals surface area (Å²) >= 11 is 1.74. The van der Waals surface area contributed by atoms with Gasteiger partial charge in [-0.15, -0.1) is 11.3 Å². The van der Waals surface area contributed by atoms with Crippen molar-refractivity contribution in [2.75, 3.05) is 13.1 Å². The molecule has 25 heavy (non-hydrogen) atoms. The maximum atomic E-state index is 12.7. The number of fused-ring (bicyclic) bond motifs is 1. The van der Waals surface area contributed by atoms with Crippen molar-refractivity contribution in [2.24, 2.45) is 5.92 Å². The molecule has 0 saturated carbocycles. The average Bonchev–Trinajstić information content (AvgIpc) is 3.17. The van der Waals surface area contributed by atoms with Crippen molar-refractivity contribution in [3.05, 3.63) is 52.0 Å². The lowest BCUT2D eigenvalue weighted by molar-refractivity contribution is -0.133. The second-order valence-corrected chi connectivity index (χ2v) is 8.22. The number of likely N-dealkylation sites (tertiary alicyclic amines) is 2. The van der Waals surface area contributed by atoms with Gasteiger partial charge in [0, 0.05) is 43.5 Å². The molecule has 5 heteroatoms. The van der Waals surface area contributed by atoms with Gasteiger partial charge in [0.2, 0.25) is 5.91 Å². The number of carbonyl (C=O) groups excluding carboxylic acids is 1. The number of benzene rings is 1. The molecule has 0 aliphatic carbocycles. The van der Waals surface area contributed by atoms with Crippen LogP contribution in [-0.4, -0.2) is 39.8 Å². The van der Waals surface area contributed by atoms with Crippen LogP contribution in [0.15, 0.2) is 35.8 Å². The number of thiazole rings is 1. The standard InChI is InChI=1S/C20H25N3OS/c1-15-19(25-14-21-15)13-22-11-17-8-5-9-20(24)23(18(17)12-22)10-16-6-3-2-4-7-16/h2-4,6-7,14,17-18H,5,8-13H2,1H3. The Balaban J connectivity index is 1.50. The average molecular weight is 356 g/mol. The Morgan fingerprint density at radius 3 is 2.80 bits per heavy atom. The third-order valence-electron chi connectivity index (χ3n) is 5.58.